The number of hydrogen-bond donors (Lipinski definition) is 1. The molecule has 0 aliphatic carbocycles. The van der Waals surface area contributed by atoms with Crippen LogP contribution in [0.2, 0.25) is 0 Å². The highest BCUT2D eigenvalue weighted by molar-refractivity contribution is 7.96. The molecule has 1 amide bonds. The molecule has 0 spiro atoms. The standard InChI is InChI=1S/C10H22N2O2S/c1-3-5-7-12(8-6-4-2)15-9-14-10(11)13/h3-9H2,1-2H3,(H2,11,13). The Morgan fingerprint density at radius 2 is 1.80 bits per heavy atom. The molecule has 0 saturated carbocycles. The third-order valence-electron chi connectivity index (χ3n) is 1.96. The Morgan fingerprint density at radius 3 is 2.20 bits per heavy atom. The molecule has 0 rings (SSSR count). The van der Waals surface area contributed by atoms with Crippen molar-refractivity contribution >= 4 is 18.0 Å². The number of amides is 1. The first-order chi connectivity index (χ1) is 7.20. The van der Waals surface area contributed by atoms with Gasteiger partial charge in [0.25, 0.3) is 0 Å². The van der Waals surface area contributed by atoms with E-state index in [1.807, 2.05) is 0 Å². The van der Waals surface area contributed by atoms with E-state index in [4.69, 9.17) is 10.5 Å². The fourth-order valence-electron chi connectivity index (χ4n) is 1.07. The van der Waals surface area contributed by atoms with Crippen LogP contribution >= 0.6 is 11.9 Å². The maximum absolute atomic E-state index is 10.4. The Morgan fingerprint density at radius 1 is 1.27 bits per heavy atom. The van der Waals surface area contributed by atoms with Gasteiger partial charge in [-0.3, -0.25) is 0 Å². The van der Waals surface area contributed by atoms with Crippen molar-refractivity contribution in [3.8, 4) is 0 Å². The summed E-state index contributed by atoms with van der Waals surface area (Å²) in [6, 6.07) is 0. The molecular formula is C10H22N2O2S. The molecule has 15 heavy (non-hydrogen) atoms. The van der Waals surface area contributed by atoms with E-state index in [1.165, 1.54) is 25.7 Å². The first kappa shape index (κ1) is 14.6. The predicted octanol–water partition coefficient (Wildman–Crippen LogP) is 2.59. The summed E-state index contributed by atoms with van der Waals surface area (Å²) in [5, 5.41) is 0. The highest BCUT2D eigenvalue weighted by Crippen LogP contribution is 2.12. The Kier molecular flexibility index (Phi) is 9.83. The smallest absolute Gasteiger partial charge is 0.405 e. The van der Waals surface area contributed by atoms with Gasteiger partial charge in [-0.05, 0) is 24.8 Å². The second kappa shape index (κ2) is 10.1. The van der Waals surface area contributed by atoms with Crippen molar-refractivity contribution in [1.82, 2.24) is 4.31 Å². The largest absolute Gasteiger partial charge is 0.437 e. The minimum atomic E-state index is -0.701. The topological polar surface area (TPSA) is 55.6 Å². The number of rotatable bonds is 9. The van der Waals surface area contributed by atoms with Gasteiger partial charge < -0.3 is 10.5 Å². The van der Waals surface area contributed by atoms with Gasteiger partial charge in [-0.15, -0.1) is 0 Å². The van der Waals surface area contributed by atoms with E-state index < -0.39 is 6.09 Å². The van der Waals surface area contributed by atoms with Crippen LogP contribution < -0.4 is 5.73 Å². The number of ether oxygens (including phenoxy) is 1. The fourth-order valence-corrected chi connectivity index (χ4v) is 1.90. The molecule has 5 heteroatoms. The zero-order valence-corrected chi connectivity index (χ0v) is 10.5. The van der Waals surface area contributed by atoms with Crippen molar-refractivity contribution in [3.63, 3.8) is 0 Å². The van der Waals surface area contributed by atoms with Crippen molar-refractivity contribution in [3.05, 3.63) is 0 Å². The Balaban J connectivity index is 3.63. The van der Waals surface area contributed by atoms with E-state index in [-0.39, 0.29) is 0 Å². The van der Waals surface area contributed by atoms with Gasteiger partial charge in [0.2, 0.25) is 0 Å². The maximum Gasteiger partial charge on any atom is 0.405 e. The summed E-state index contributed by atoms with van der Waals surface area (Å²) in [7, 11) is 0. The monoisotopic (exact) mass is 234 g/mol. The Bertz CT molecular complexity index is 160. The molecule has 4 nitrogen and oxygen atoms in total. The molecule has 2 N–H and O–H groups in total. The van der Waals surface area contributed by atoms with Crippen molar-refractivity contribution in [2.75, 3.05) is 19.0 Å². The van der Waals surface area contributed by atoms with Crippen LogP contribution in [0.5, 0.6) is 0 Å². The van der Waals surface area contributed by atoms with Gasteiger partial charge in [0.15, 0.2) is 5.94 Å². The fraction of sp³-hybridized carbons (Fsp3) is 0.900. The van der Waals surface area contributed by atoms with Gasteiger partial charge in [0, 0.05) is 13.1 Å². The molecule has 0 heterocycles. The number of primary amides is 1. The first-order valence-electron chi connectivity index (χ1n) is 5.50. The molecular weight excluding hydrogens is 212 g/mol. The molecule has 0 bridgehead atoms. The van der Waals surface area contributed by atoms with Gasteiger partial charge in [-0.2, -0.15) is 0 Å². The van der Waals surface area contributed by atoms with Crippen molar-refractivity contribution in [1.29, 1.82) is 0 Å². The Hall–Kier alpha value is -0.420. The number of nitrogens with zero attached hydrogens (tertiary/aromatic N) is 1. The van der Waals surface area contributed by atoms with Gasteiger partial charge in [-0.1, -0.05) is 26.7 Å². The van der Waals surface area contributed by atoms with Crippen LogP contribution in [0.4, 0.5) is 4.79 Å². The van der Waals surface area contributed by atoms with Crippen molar-refractivity contribution < 1.29 is 9.53 Å². The second-order valence-corrected chi connectivity index (χ2v) is 4.36. The normalized spacial score (nSPS) is 10.6. The number of unbranched alkanes of at least 4 members (excludes halogenated alkanes) is 2. The van der Waals surface area contributed by atoms with Crippen LogP contribution in [0.15, 0.2) is 0 Å². The van der Waals surface area contributed by atoms with Crippen LogP contribution in [-0.4, -0.2) is 29.4 Å². The van der Waals surface area contributed by atoms with E-state index in [0.29, 0.717) is 5.94 Å². The zero-order chi connectivity index (χ0) is 11.5. The predicted molar refractivity (Wildman–Crippen MR) is 64.5 cm³/mol. The number of carbonyl (C=O) groups is 1. The minimum Gasteiger partial charge on any atom is -0.437 e. The summed E-state index contributed by atoms with van der Waals surface area (Å²) in [5.41, 5.74) is 4.89. The average Bonchev–Trinajstić information content (AvgIpc) is 2.20. The number of nitrogens with two attached hydrogens (primary N) is 1. The molecule has 0 unspecified atom stereocenters. The highest BCUT2D eigenvalue weighted by Gasteiger charge is 2.05. The molecule has 0 saturated heterocycles. The highest BCUT2D eigenvalue weighted by atomic mass is 32.2. The second-order valence-electron chi connectivity index (χ2n) is 3.35. The first-order valence-corrected chi connectivity index (χ1v) is 6.45. The lowest BCUT2D eigenvalue weighted by atomic mass is 10.3. The van der Waals surface area contributed by atoms with E-state index >= 15 is 0 Å². The molecule has 0 fully saturated rings. The van der Waals surface area contributed by atoms with Crippen LogP contribution in [0, 0.1) is 0 Å². The molecule has 90 valence electrons. The number of carbonyl (C=O) groups excluding carboxylic acids is 1. The van der Waals surface area contributed by atoms with E-state index in [0.717, 1.165) is 13.1 Å². The zero-order valence-electron chi connectivity index (χ0n) is 9.70. The molecule has 0 aromatic rings. The number of hydrogen-bond acceptors (Lipinski definition) is 4. The SMILES string of the molecule is CCCCN(CCCC)SCOC(N)=O. The van der Waals surface area contributed by atoms with Crippen LogP contribution in [0.3, 0.4) is 0 Å². The molecule has 0 aromatic heterocycles. The Labute approximate surface area is 96.7 Å². The molecule has 0 aromatic carbocycles. The van der Waals surface area contributed by atoms with Crippen LogP contribution in [0.1, 0.15) is 39.5 Å². The summed E-state index contributed by atoms with van der Waals surface area (Å²) in [6.45, 7) is 6.43. The summed E-state index contributed by atoms with van der Waals surface area (Å²) in [5.74, 6) is 0.322. The van der Waals surface area contributed by atoms with Gasteiger partial charge in [-0.25, -0.2) is 9.10 Å². The van der Waals surface area contributed by atoms with Gasteiger partial charge in [0.05, 0.1) is 0 Å². The minimum absolute atomic E-state index is 0.322. The van der Waals surface area contributed by atoms with Gasteiger partial charge in [0.1, 0.15) is 0 Å². The average molecular weight is 234 g/mol. The quantitative estimate of drug-likeness (QED) is 0.492. The molecule has 0 aliphatic rings. The lowest BCUT2D eigenvalue weighted by Gasteiger charge is -2.19. The summed E-state index contributed by atoms with van der Waals surface area (Å²) in [4.78, 5) is 10.4. The maximum atomic E-state index is 10.4. The van der Waals surface area contributed by atoms with E-state index in [1.54, 1.807) is 11.9 Å². The third-order valence-corrected chi connectivity index (χ3v) is 2.91. The van der Waals surface area contributed by atoms with Crippen molar-refractivity contribution in [2.45, 2.75) is 39.5 Å². The lowest BCUT2D eigenvalue weighted by Crippen LogP contribution is -2.21. The molecule has 0 aliphatic heterocycles. The lowest BCUT2D eigenvalue weighted by molar-refractivity contribution is 0.176. The molecule has 0 radical (unpaired) electrons. The summed E-state index contributed by atoms with van der Waals surface area (Å²) < 4.78 is 6.94. The third kappa shape index (κ3) is 9.87. The molecule has 0 atom stereocenters. The van der Waals surface area contributed by atoms with Crippen molar-refractivity contribution in [2.24, 2.45) is 5.73 Å². The summed E-state index contributed by atoms with van der Waals surface area (Å²) >= 11 is 1.54. The van der Waals surface area contributed by atoms with E-state index in [2.05, 4.69) is 18.2 Å². The van der Waals surface area contributed by atoms with Gasteiger partial charge >= 0.3 is 6.09 Å². The van der Waals surface area contributed by atoms with Crippen LogP contribution in [0.25, 0.3) is 0 Å². The van der Waals surface area contributed by atoms with E-state index in [9.17, 15) is 4.79 Å². The van der Waals surface area contributed by atoms with Crippen LogP contribution in [-0.2, 0) is 4.74 Å². The summed E-state index contributed by atoms with van der Waals surface area (Å²) in [6.07, 6.45) is 4.01.